The van der Waals surface area contributed by atoms with Crippen LogP contribution in [-0.4, -0.2) is 21.9 Å². The number of benzene rings is 2. The first-order valence-corrected chi connectivity index (χ1v) is 11.1. The third-order valence-corrected chi connectivity index (χ3v) is 6.59. The molecular weight excluding hydrogens is 424 g/mol. The molecule has 1 N–H and O–H groups in total. The fourth-order valence-corrected chi connectivity index (χ4v) is 4.77. The summed E-state index contributed by atoms with van der Waals surface area (Å²) < 4.78 is 11.6. The number of non-ortho nitro benzene ring substituents is 1. The molecule has 30 heavy (non-hydrogen) atoms. The van der Waals surface area contributed by atoms with Gasteiger partial charge in [0.25, 0.3) is 5.69 Å². The minimum atomic E-state index is -0.402. The van der Waals surface area contributed by atoms with Crippen molar-refractivity contribution in [1.82, 2.24) is 10.2 Å². The summed E-state index contributed by atoms with van der Waals surface area (Å²) in [7, 11) is 0. The van der Waals surface area contributed by atoms with E-state index in [0.717, 1.165) is 15.6 Å². The van der Waals surface area contributed by atoms with Crippen molar-refractivity contribution in [2.24, 2.45) is 0 Å². The van der Waals surface area contributed by atoms with Crippen molar-refractivity contribution in [3.8, 4) is 5.75 Å². The molecule has 2 aromatic carbocycles. The topological polar surface area (TPSA) is 99.4 Å². The van der Waals surface area contributed by atoms with E-state index in [2.05, 4.69) is 41.5 Å². The van der Waals surface area contributed by atoms with Crippen molar-refractivity contribution in [3.63, 3.8) is 0 Å². The van der Waals surface area contributed by atoms with Gasteiger partial charge in [-0.05, 0) is 23.6 Å². The molecule has 0 spiro atoms. The Morgan fingerprint density at radius 3 is 2.80 bits per heavy atom. The van der Waals surface area contributed by atoms with Crippen LogP contribution in [0, 0.1) is 10.1 Å². The largest absolute Gasteiger partial charge is 0.467 e. The van der Waals surface area contributed by atoms with Crippen LogP contribution in [0.1, 0.15) is 36.5 Å². The summed E-state index contributed by atoms with van der Waals surface area (Å²) in [6.45, 7) is 4.77. The van der Waals surface area contributed by atoms with Gasteiger partial charge in [-0.25, -0.2) is 0 Å². The summed E-state index contributed by atoms with van der Waals surface area (Å²) in [4.78, 5) is 10.8. The molecule has 0 saturated carbocycles. The lowest BCUT2D eigenvalue weighted by Crippen LogP contribution is -2.13. The number of rotatable bonds is 7. The highest BCUT2D eigenvalue weighted by Crippen LogP contribution is 2.37. The molecule has 0 atom stereocenters. The summed E-state index contributed by atoms with van der Waals surface area (Å²) in [6, 6.07) is 11.3. The Labute approximate surface area is 181 Å². The van der Waals surface area contributed by atoms with Crippen molar-refractivity contribution in [1.29, 1.82) is 0 Å². The smallest absolute Gasteiger partial charge is 0.270 e. The molecule has 0 bridgehead atoms. The Morgan fingerprint density at radius 1 is 1.27 bits per heavy atom. The Kier molecular flexibility index (Phi) is 6.16. The van der Waals surface area contributed by atoms with Crippen molar-refractivity contribution in [2.45, 2.75) is 36.5 Å². The second-order valence-electron chi connectivity index (χ2n) is 7.02. The predicted molar refractivity (Wildman–Crippen MR) is 117 cm³/mol. The molecule has 4 rings (SSSR count). The number of nitrogens with one attached hydrogen (secondary N) is 1. The molecule has 0 saturated heterocycles. The molecule has 10 heteroatoms. The third kappa shape index (κ3) is 4.72. The Morgan fingerprint density at radius 2 is 2.07 bits per heavy atom. The molecule has 156 valence electrons. The van der Waals surface area contributed by atoms with Crippen LogP contribution in [0.2, 0.25) is 0 Å². The highest BCUT2D eigenvalue weighted by molar-refractivity contribution is 8.00. The lowest BCUT2D eigenvalue weighted by molar-refractivity contribution is -0.385. The van der Waals surface area contributed by atoms with E-state index in [1.54, 1.807) is 6.07 Å². The minimum absolute atomic E-state index is 0.0305. The van der Waals surface area contributed by atoms with Crippen LogP contribution in [-0.2, 0) is 17.1 Å². The standard InChI is InChI=1S/C20H20N4O4S2/c1-12(2)13-3-5-16(6-4-13)21-19-22-23-20(30-19)29-10-15-8-17(24(25)26)7-14-9-27-11-28-18(14)15/h3-8,12H,9-11H2,1-2H3,(H,21,22). The van der Waals surface area contributed by atoms with Gasteiger partial charge in [0.2, 0.25) is 5.13 Å². The number of hydrogen-bond donors (Lipinski definition) is 1. The maximum absolute atomic E-state index is 11.2. The van der Waals surface area contributed by atoms with Gasteiger partial charge in [0, 0.05) is 34.7 Å². The van der Waals surface area contributed by atoms with Crippen LogP contribution in [0.4, 0.5) is 16.5 Å². The molecule has 0 aliphatic carbocycles. The van der Waals surface area contributed by atoms with Crippen LogP contribution in [0.5, 0.6) is 5.75 Å². The number of thioether (sulfide) groups is 1. The number of nitrogens with zero attached hydrogens (tertiary/aromatic N) is 3. The summed E-state index contributed by atoms with van der Waals surface area (Å²) in [6.07, 6.45) is 0. The summed E-state index contributed by atoms with van der Waals surface area (Å²) >= 11 is 2.90. The Hall–Kier alpha value is -2.69. The SMILES string of the molecule is CC(C)c1ccc(Nc2nnc(SCc3cc([N+](=O)[O-])cc4c3OCOC4)s2)cc1. The molecule has 0 radical (unpaired) electrons. The third-order valence-electron chi connectivity index (χ3n) is 4.57. The van der Waals surface area contributed by atoms with Crippen LogP contribution < -0.4 is 10.1 Å². The molecular formula is C20H20N4O4S2. The number of ether oxygens (including phenoxy) is 2. The molecule has 1 aliphatic rings. The van der Waals surface area contributed by atoms with Gasteiger partial charge < -0.3 is 14.8 Å². The first-order chi connectivity index (χ1) is 14.5. The minimum Gasteiger partial charge on any atom is -0.467 e. The summed E-state index contributed by atoms with van der Waals surface area (Å²) in [5, 5.41) is 23.6. The van der Waals surface area contributed by atoms with Crippen LogP contribution >= 0.6 is 23.1 Å². The molecule has 0 amide bonds. The number of nitro benzene ring substituents is 1. The van der Waals surface area contributed by atoms with Gasteiger partial charge in [-0.3, -0.25) is 10.1 Å². The van der Waals surface area contributed by atoms with Crippen molar-refractivity contribution >= 4 is 39.6 Å². The van der Waals surface area contributed by atoms with E-state index in [9.17, 15) is 10.1 Å². The van der Waals surface area contributed by atoms with Gasteiger partial charge in [-0.2, -0.15) is 0 Å². The number of anilines is 2. The van der Waals surface area contributed by atoms with Gasteiger partial charge >= 0.3 is 0 Å². The van der Waals surface area contributed by atoms with Crippen molar-refractivity contribution < 1.29 is 14.4 Å². The fourth-order valence-electron chi connectivity index (χ4n) is 3.03. The van der Waals surface area contributed by atoms with Crippen LogP contribution in [0.25, 0.3) is 0 Å². The lowest BCUT2D eigenvalue weighted by atomic mass is 10.0. The predicted octanol–water partition coefficient (Wildman–Crippen LogP) is 5.47. The molecule has 1 aromatic heterocycles. The number of fused-ring (bicyclic) bond motifs is 1. The Bertz CT molecular complexity index is 1050. The first-order valence-electron chi connectivity index (χ1n) is 9.33. The van der Waals surface area contributed by atoms with Gasteiger partial charge in [-0.1, -0.05) is 49.1 Å². The van der Waals surface area contributed by atoms with Crippen LogP contribution in [0.15, 0.2) is 40.7 Å². The average molecular weight is 445 g/mol. The molecule has 2 heterocycles. The second-order valence-corrected chi connectivity index (χ2v) is 9.22. The fraction of sp³-hybridized carbons (Fsp3) is 0.300. The van der Waals surface area contributed by atoms with Crippen molar-refractivity contribution in [2.75, 3.05) is 12.1 Å². The average Bonchev–Trinajstić information content (AvgIpc) is 3.19. The van der Waals surface area contributed by atoms with Gasteiger partial charge in [-0.15, -0.1) is 10.2 Å². The van der Waals surface area contributed by atoms with Crippen molar-refractivity contribution in [3.05, 3.63) is 63.2 Å². The monoisotopic (exact) mass is 444 g/mol. The highest BCUT2D eigenvalue weighted by Gasteiger charge is 2.21. The maximum Gasteiger partial charge on any atom is 0.270 e. The van der Waals surface area contributed by atoms with E-state index in [1.807, 2.05) is 12.1 Å². The van der Waals surface area contributed by atoms with Gasteiger partial charge in [0.15, 0.2) is 11.1 Å². The van der Waals surface area contributed by atoms with Gasteiger partial charge in [0.05, 0.1) is 11.5 Å². The van der Waals surface area contributed by atoms with E-state index in [-0.39, 0.29) is 12.5 Å². The zero-order valence-corrected chi connectivity index (χ0v) is 18.1. The van der Waals surface area contributed by atoms with Gasteiger partial charge in [0.1, 0.15) is 5.75 Å². The number of nitro groups is 1. The second kappa shape index (κ2) is 8.99. The Balaban J connectivity index is 1.44. The van der Waals surface area contributed by atoms with E-state index in [0.29, 0.717) is 34.7 Å². The quantitative estimate of drug-likeness (QED) is 0.291. The molecule has 0 unspecified atom stereocenters. The first kappa shape index (κ1) is 20.6. The lowest BCUT2D eigenvalue weighted by Gasteiger charge is -2.20. The van der Waals surface area contributed by atoms with E-state index in [4.69, 9.17) is 9.47 Å². The van der Waals surface area contributed by atoms with E-state index < -0.39 is 4.92 Å². The molecule has 8 nitrogen and oxygen atoms in total. The summed E-state index contributed by atoms with van der Waals surface area (Å²) in [5.41, 5.74) is 3.70. The van der Waals surface area contributed by atoms with Crippen LogP contribution in [0.3, 0.4) is 0 Å². The van der Waals surface area contributed by atoms with E-state index >= 15 is 0 Å². The number of hydrogen-bond acceptors (Lipinski definition) is 9. The maximum atomic E-state index is 11.2. The summed E-state index contributed by atoms with van der Waals surface area (Å²) in [5.74, 6) is 1.63. The number of aromatic nitrogens is 2. The normalized spacial score (nSPS) is 13.0. The van der Waals surface area contributed by atoms with E-state index in [1.165, 1.54) is 34.7 Å². The molecule has 1 aliphatic heterocycles. The zero-order chi connectivity index (χ0) is 21.1. The molecule has 0 fully saturated rings. The zero-order valence-electron chi connectivity index (χ0n) is 16.5. The molecule has 3 aromatic rings. The highest BCUT2D eigenvalue weighted by atomic mass is 32.2.